The molecule has 0 bridgehead atoms. The Bertz CT molecular complexity index is 733. The van der Waals surface area contributed by atoms with Crippen molar-refractivity contribution in [2.45, 2.75) is 12.5 Å². The lowest BCUT2D eigenvalue weighted by atomic mass is 10.0. The second-order valence-electron chi connectivity index (χ2n) is 6.67. The van der Waals surface area contributed by atoms with E-state index in [-0.39, 0.29) is 11.8 Å². The van der Waals surface area contributed by atoms with Gasteiger partial charge in [-0.3, -0.25) is 9.59 Å². The number of nitrogens with zero attached hydrogens (tertiary/aromatic N) is 2. The minimum absolute atomic E-state index is 0.0456. The summed E-state index contributed by atoms with van der Waals surface area (Å²) in [6.07, 6.45) is 0.941. The molecule has 1 unspecified atom stereocenters. The van der Waals surface area contributed by atoms with Gasteiger partial charge in [0.1, 0.15) is 6.04 Å². The fraction of sp³-hybridized carbons (Fsp3) is 0.333. The van der Waals surface area contributed by atoms with E-state index < -0.39 is 6.04 Å². The number of carbonyl (C=O) groups is 2. The van der Waals surface area contributed by atoms with Crippen LogP contribution in [0.25, 0.3) is 0 Å². The molecule has 1 aliphatic rings. The van der Waals surface area contributed by atoms with Crippen LogP contribution in [-0.2, 0) is 4.79 Å². The van der Waals surface area contributed by atoms with Crippen molar-refractivity contribution in [1.29, 1.82) is 0 Å². The zero-order valence-corrected chi connectivity index (χ0v) is 15.1. The van der Waals surface area contributed by atoms with E-state index in [9.17, 15) is 9.59 Å². The van der Waals surface area contributed by atoms with Gasteiger partial charge in [0, 0.05) is 25.2 Å². The van der Waals surface area contributed by atoms with Crippen LogP contribution in [0.1, 0.15) is 28.4 Å². The summed E-state index contributed by atoms with van der Waals surface area (Å²) in [6.45, 7) is 3.23. The third-order valence-electron chi connectivity index (χ3n) is 4.72. The predicted octanol–water partition coefficient (Wildman–Crippen LogP) is 2.32. The van der Waals surface area contributed by atoms with Gasteiger partial charge in [-0.2, -0.15) is 0 Å². The van der Waals surface area contributed by atoms with E-state index in [1.807, 2.05) is 53.4 Å². The Hall–Kier alpha value is -2.66. The summed E-state index contributed by atoms with van der Waals surface area (Å²) in [5, 5.41) is 2.93. The van der Waals surface area contributed by atoms with Crippen LogP contribution in [0.2, 0.25) is 0 Å². The molecule has 26 heavy (non-hydrogen) atoms. The number of benzene rings is 2. The lowest BCUT2D eigenvalue weighted by Crippen LogP contribution is -2.44. The summed E-state index contributed by atoms with van der Waals surface area (Å²) in [5.41, 5.74) is 1.36. The molecule has 0 spiro atoms. The van der Waals surface area contributed by atoms with Crippen molar-refractivity contribution < 1.29 is 9.59 Å². The minimum atomic E-state index is -0.674. The summed E-state index contributed by atoms with van der Waals surface area (Å²) in [4.78, 5) is 30.0. The normalized spacial score (nSPS) is 16.6. The number of hydrogen-bond donors (Lipinski definition) is 1. The number of amides is 2. The molecule has 5 heteroatoms. The van der Waals surface area contributed by atoms with E-state index in [1.54, 1.807) is 12.1 Å². The molecule has 1 saturated heterocycles. The smallest absolute Gasteiger partial charge is 0.252 e. The van der Waals surface area contributed by atoms with Gasteiger partial charge in [0.2, 0.25) is 5.91 Å². The van der Waals surface area contributed by atoms with Gasteiger partial charge in [0.05, 0.1) is 0 Å². The van der Waals surface area contributed by atoms with Crippen molar-refractivity contribution in [3.63, 3.8) is 0 Å². The van der Waals surface area contributed by atoms with Crippen LogP contribution >= 0.6 is 0 Å². The summed E-state index contributed by atoms with van der Waals surface area (Å²) >= 11 is 0. The van der Waals surface area contributed by atoms with Crippen LogP contribution in [0.15, 0.2) is 60.7 Å². The number of rotatable bonds is 4. The highest BCUT2D eigenvalue weighted by Crippen LogP contribution is 2.18. The van der Waals surface area contributed by atoms with Crippen molar-refractivity contribution in [3.8, 4) is 0 Å². The summed E-state index contributed by atoms with van der Waals surface area (Å²) in [7, 11) is 2.07. The Kier molecular flexibility index (Phi) is 6.02. The molecule has 1 fully saturated rings. The maximum absolute atomic E-state index is 13.2. The number of nitrogens with one attached hydrogen (secondary N) is 1. The Morgan fingerprint density at radius 1 is 0.885 bits per heavy atom. The van der Waals surface area contributed by atoms with Crippen LogP contribution in [0, 0.1) is 0 Å². The first-order valence-electron chi connectivity index (χ1n) is 9.03. The third kappa shape index (κ3) is 4.49. The van der Waals surface area contributed by atoms with Crippen LogP contribution in [0.5, 0.6) is 0 Å². The highest BCUT2D eigenvalue weighted by Gasteiger charge is 2.28. The molecular formula is C21H25N3O2. The Morgan fingerprint density at radius 3 is 2.23 bits per heavy atom. The molecule has 0 aromatic heterocycles. The van der Waals surface area contributed by atoms with Gasteiger partial charge in [0.25, 0.3) is 5.91 Å². The van der Waals surface area contributed by atoms with Gasteiger partial charge in [-0.15, -0.1) is 0 Å². The average molecular weight is 351 g/mol. The van der Waals surface area contributed by atoms with Gasteiger partial charge in [-0.25, -0.2) is 0 Å². The number of likely N-dealkylation sites (N-methyl/N-ethyl adjacent to an activating group) is 1. The number of carbonyl (C=O) groups excluding carboxylic acids is 2. The SMILES string of the molecule is CN1CCCN(C(=O)C(NC(=O)c2ccccc2)c2ccccc2)CC1. The topological polar surface area (TPSA) is 52.6 Å². The summed E-state index contributed by atoms with van der Waals surface area (Å²) in [6, 6.07) is 17.8. The maximum Gasteiger partial charge on any atom is 0.252 e. The first-order valence-corrected chi connectivity index (χ1v) is 9.03. The first-order chi connectivity index (χ1) is 12.6. The largest absolute Gasteiger partial charge is 0.339 e. The molecule has 1 atom stereocenters. The van der Waals surface area contributed by atoms with Gasteiger partial charge in [0.15, 0.2) is 0 Å². The Labute approximate surface area is 154 Å². The minimum Gasteiger partial charge on any atom is -0.339 e. The monoisotopic (exact) mass is 351 g/mol. The Balaban J connectivity index is 1.81. The van der Waals surface area contributed by atoms with Gasteiger partial charge >= 0.3 is 0 Å². The summed E-state index contributed by atoms with van der Waals surface area (Å²) in [5.74, 6) is -0.282. The second-order valence-corrected chi connectivity index (χ2v) is 6.67. The zero-order valence-electron chi connectivity index (χ0n) is 15.1. The molecule has 0 radical (unpaired) electrons. The van der Waals surface area contributed by atoms with E-state index >= 15 is 0 Å². The molecule has 3 rings (SSSR count). The fourth-order valence-electron chi connectivity index (χ4n) is 3.19. The molecule has 2 aromatic rings. The molecular weight excluding hydrogens is 326 g/mol. The molecule has 1 N–H and O–H groups in total. The van der Waals surface area contributed by atoms with E-state index in [4.69, 9.17) is 0 Å². The fourth-order valence-corrected chi connectivity index (χ4v) is 3.19. The second kappa shape index (κ2) is 8.63. The number of hydrogen-bond acceptors (Lipinski definition) is 3. The van der Waals surface area contributed by atoms with Crippen LogP contribution in [0.4, 0.5) is 0 Å². The van der Waals surface area contributed by atoms with E-state index in [1.165, 1.54) is 0 Å². The van der Waals surface area contributed by atoms with Gasteiger partial charge in [-0.05, 0) is 37.7 Å². The van der Waals surface area contributed by atoms with E-state index in [0.29, 0.717) is 18.7 Å². The first kappa shape index (κ1) is 18.1. The van der Waals surface area contributed by atoms with Crippen LogP contribution < -0.4 is 5.32 Å². The molecule has 1 aliphatic heterocycles. The van der Waals surface area contributed by atoms with Crippen LogP contribution in [-0.4, -0.2) is 54.8 Å². The molecule has 136 valence electrons. The molecule has 0 aliphatic carbocycles. The van der Waals surface area contributed by atoms with Crippen molar-refractivity contribution in [1.82, 2.24) is 15.1 Å². The summed E-state index contributed by atoms with van der Waals surface area (Å²) < 4.78 is 0. The lowest BCUT2D eigenvalue weighted by Gasteiger charge is -2.27. The quantitative estimate of drug-likeness (QED) is 0.920. The molecule has 2 amide bonds. The standard InChI is InChI=1S/C21H25N3O2/c1-23-13-8-14-24(16-15-23)21(26)19(17-9-4-2-5-10-17)22-20(25)18-11-6-3-7-12-18/h2-7,9-12,19H,8,13-16H2,1H3,(H,22,25). The van der Waals surface area contributed by atoms with E-state index in [2.05, 4.69) is 17.3 Å². The van der Waals surface area contributed by atoms with E-state index in [0.717, 1.165) is 25.1 Å². The van der Waals surface area contributed by atoms with Crippen molar-refractivity contribution in [3.05, 3.63) is 71.8 Å². The molecule has 5 nitrogen and oxygen atoms in total. The van der Waals surface area contributed by atoms with Crippen molar-refractivity contribution in [2.75, 3.05) is 33.2 Å². The van der Waals surface area contributed by atoms with Crippen LogP contribution in [0.3, 0.4) is 0 Å². The highest BCUT2D eigenvalue weighted by molar-refractivity contribution is 5.97. The van der Waals surface area contributed by atoms with Crippen molar-refractivity contribution >= 4 is 11.8 Å². The van der Waals surface area contributed by atoms with Gasteiger partial charge < -0.3 is 15.1 Å². The molecule has 0 saturated carbocycles. The highest BCUT2D eigenvalue weighted by atomic mass is 16.2. The van der Waals surface area contributed by atoms with Gasteiger partial charge in [-0.1, -0.05) is 48.5 Å². The molecule has 2 aromatic carbocycles. The zero-order chi connectivity index (χ0) is 18.4. The molecule has 1 heterocycles. The van der Waals surface area contributed by atoms with Crippen molar-refractivity contribution in [2.24, 2.45) is 0 Å². The maximum atomic E-state index is 13.2. The predicted molar refractivity (Wildman–Crippen MR) is 102 cm³/mol. The lowest BCUT2D eigenvalue weighted by molar-refractivity contribution is -0.133. The Morgan fingerprint density at radius 2 is 1.54 bits per heavy atom. The third-order valence-corrected chi connectivity index (χ3v) is 4.72. The average Bonchev–Trinajstić information content (AvgIpc) is 2.91.